The molecule has 0 radical (unpaired) electrons. The molecule has 0 unspecified atom stereocenters. The quantitative estimate of drug-likeness (QED) is 0.466. The molecular formula is C15H33NO3. The Labute approximate surface area is 120 Å². The van der Waals surface area contributed by atoms with Gasteiger partial charge in [-0.25, -0.2) is 0 Å². The molecule has 4 nitrogen and oxygen atoms in total. The van der Waals surface area contributed by atoms with Gasteiger partial charge < -0.3 is 14.8 Å². The highest BCUT2D eigenvalue weighted by Gasteiger charge is 1.97. The number of amides is 1. The van der Waals surface area contributed by atoms with Crippen molar-refractivity contribution in [3.63, 3.8) is 0 Å². The minimum Gasteiger partial charge on any atom is -0.379 e. The summed E-state index contributed by atoms with van der Waals surface area (Å²) in [6.07, 6.45) is 2.57. The van der Waals surface area contributed by atoms with E-state index in [1.807, 2.05) is 6.92 Å². The Morgan fingerprint density at radius 1 is 1.16 bits per heavy atom. The second-order valence-electron chi connectivity index (χ2n) is 4.51. The molecule has 0 aliphatic rings. The van der Waals surface area contributed by atoms with Crippen LogP contribution in [0.2, 0.25) is 0 Å². The summed E-state index contributed by atoms with van der Waals surface area (Å²) in [6, 6.07) is 0. The minimum absolute atomic E-state index is 0. The SMILES string of the molecule is C=C.CCCC(=O)NCCOCCOCCC(C)C.[HH]. The van der Waals surface area contributed by atoms with E-state index in [1.54, 1.807) is 0 Å². The molecule has 0 saturated heterocycles. The first-order valence-electron chi connectivity index (χ1n) is 7.09. The maximum Gasteiger partial charge on any atom is 0.220 e. The van der Waals surface area contributed by atoms with Crippen LogP contribution >= 0.6 is 0 Å². The van der Waals surface area contributed by atoms with Crippen LogP contribution in [-0.4, -0.2) is 38.9 Å². The van der Waals surface area contributed by atoms with E-state index in [4.69, 9.17) is 9.47 Å². The molecule has 19 heavy (non-hydrogen) atoms. The maximum absolute atomic E-state index is 11.1. The topological polar surface area (TPSA) is 47.6 Å². The molecule has 0 atom stereocenters. The lowest BCUT2D eigenvalue weighted by Crippen LogP contribution is -2.27. The smallest absolute Gasteiger partial charge is 0.220 e. The van der Waals surface area contributed by atoms with E-state index in [9.17, 15) is 4.79 Å². The lowest BCUT2D eigenvalue weighted by atomic mass is 10.1. The fraction of sp³-hybridized carbons (Fsp3) is 0.800. The van der Waals surface area contributed by atoms with Gasteiger partial charge in [-0.1, -0.05) is 20.8 Å². The second-order valence-corrected chi connectivity index (χ2v) is 4.51. The van der Waals surface area contributed by atoms with Crippen molar-refractivity contribution in [2.24, 2.45) is 5.92 Å². The highest BCUT2D eigenvalue weighted by Crippen LogP contribution is 1.98. The van der Waals surface area contributed by atoms with Crippen LogP contribution < -0.4 is 5.32 Å². The van der Waals surface area contributed by atoms with Gasteiger partial charge in [-0.05, 0) is 18.8 Å². The number of ether oxygens (including phenoxy) is 2. The van der Waals surface area contributed by atoms with Gasteiger partial charge in [-0.15, -0.1) is 13.2 Å². The molecule has 0 saturated carbocycles. The molecule has 0 aromatic heterocycles. The molecule has 0 aliphatic carbocycles. The van der Waals surface area contributed by atoms with Gasteiger partial charge in [0.2, 0.25) is 5.91 Å². The molecule has 0 aromatic rings. The second kappa shape index (κ2) is 17.1. The van der Waals surface area contributed by atoms with Crippen molar-refractivity contribution < 1.29 is 15.7 Å². The van der Waals surface area contributed by atoms with E-state index in [0.29, 0.717) is 38.7 Å². The molecule has 0 heterocycles. The van der Waals surface area contributed by atoms with Crippen molar-refractivity contribution in [2.75, 3.05) is 33.0 Å². The first kappa shape index (κ1) is 20.4. The summed E-state index contributed by atoms with van der Waals surface area (Å²) >= 11 is 0. The van der Waals surface area contributed by atoms with E-state index >= 15 is 0 Å². The Balaban J connectivity index is -0.000000916. The van der Waals surface area contributed by atoms with Gasteiger partial charge in [0.25, 0.3) is 0 Å². The van der Waals surface area contributed by atoms with Crippen molar-refractivity contribution in [2.45, 2.75) is 40.0 Å². The van der Waals surface area contributed by atoms with E-state index in [1.165, 1.54) is 0 Å². The van der Waals surface area contributed by atoms with Crippen LogP contribution in [0.4, 0.5) is 0 Å². The van der Waals surface area contributed by atoms with Gasteiger partial charge in [0.15, 0.2) is 0 Å². The first-order chi connectivity index (χ1) is 9.16. The number of nitrogens with one attached hydrogen (secondary N) is 1. The molecule has 1 amide bonds. The Kier molecular flexibility index (Phi) is 18.4. The van der Waals surface area contributed by atoms with Crippen molar-refractivity contribution in [1.29, 1.82) is 0 Å². The molecular weight excluding hydrogens is 242 g/mol. The molecule has 0 aromatic carbocycles. The zero-order valence-corrected chi connectivity index (χ0v) is 12.9. The van der Waals surface area contributed by atoms with Crippen molar-refractivity contribution in [1.82, 2.24) is 5.32 Å². The minimum atomic E-state index is 0. The fourth-order valence-corrected chi connectivity index (χ4v) is 1.22. The van der Waals surface area contributed by atoms with E-state index < -0.39 is 0 Å². The van der Waals surface area contributed by atoms with Gasteiger partial charge >= 0.3 is 0 Å². The zero-order valence-electron chi connectivity index (χ0n) is 12.9. The normalized spacial score (nSPS) is 9.89. The molecule has 0 fully saturated rings. The summed E-state index contributed by atoms with van der Waals surface area (Å²) < 4.78 is 10.7. The molecule has 1 N–H and O–H groups in total. The average Bonchev–Trinajstić information content (AvgIpc) is 2.39. The van der Waals surface area contributed by atoms with Gasteiger partial charge in [-0.2, -0.15) is 0 Å². The summed E-state index contributed by atoms with van der Waals surface area (Å²) in [4.78, 5) is 11.1. The lowest BCUT2D eigenvalue weighted by Gasteiger charge is -2.08. The lowest BCUT2D eigenvalue weighted by molar-refractivity contribution is -0.121. The Bertz CT molecular complexity index is 202. The monoisotopic (exact) mass is 275 g/mol. The third-order valence-corrected chi connectivity index (χ3v) is 2.26. The van der Waals surface area contributed by atoms with E-state index in [0.717, 1.165) is 19.4 Å². The van der Waals surface area contributed by atoms with Gasteiger partial charge in [-0.3, -0.25) is 4.79 Å². The van der Waals surface area contributed by atoms with Crippen LogP contribution in [0, 0.1) is 5.92 Å². The summed E-state index contributed by atoms with van der Waals surface area (Å²) in [5.41, 5.74) is 0. The Morgan fingerprint density at radius 3 is 2.26 bits per heavy atom. The number of hydrogen-bond donors (Lipinski definition) is 1. The first-order valence-corrected chi connectivity index (χ1v) is 7.09. The van der Waals surface area contributed by atoms with E-state index in [2.05, 4.69) is 32.3 Å². The van der Waals surface area contributed by atoms with Crippen molar-refractivity contribution in [3.05, 3.63) is 13.2 Å². The van der Waals surface area contributed by atoms with Crippen molar-refractivity contribution >= 4 is 5.91 Å². The van der Waals surface area contributed by atoms with Crippen molar-refractivity contribution in [3.8, 4) is 0 Å². The van der Waals surface area contributed by atoms with Crippen LogP contribution in [0.15, 0.2) is 13.2 Å². The largest absolute Gasteiger partial charge is 0.379 e. The molecule has 0 rings (SSSR count). The predicted octanol–water partition coefficient (Wildman–Crippen LogP) is 3.03. The summed E-state index contributed by atoms with van der Waals surface area (Å²) in [5.74, 6) is 0.786. The number of hydrogen-bond acceptors (Lipinski definition) is 3. The van der Waals surface area contributed by atoms with Crippen LogP contribution in [-0.2, 0) is 14.3 Å². The summed E-state index contributed by atoms with van der Waals surface area (Å²) in [7, 11) is 0. The molecule has 0 bridgehead atoms. The highest BCUT2D eigenvalue weighted by atomic mass is 16.5. The fourth-order valence-electron chi connectivity index (χ4n) is 1.22. The molecule has 0 aliphatic heterocycles. The van der Waals surface area contributed by atoms with Crippen LogP contribution in [0.1, 0.15) is 41.5 Å². The van der Waals surface area contributed by atoms with Crippen LogP contribution in [0.3, 0.4) is 0 Å². The Morgan fingerprint density at radius 2 is 1.74 bits per heavy atom. The van der Waals surface area contributed by atoms with Crippen LogP contribution in [0.5, 0.6) is 0 Å². The van der Waals surface area contributed by atoms with Gasteiger partial charge in [0.05, 0.1) is 19.8 Å². The average molecular weight is 275 g/mol. The van der Waals surface area contributed by atoms with Crippen LogP contribution in [0.25, 0.3) is 0 Å². The van der Waals surface area contributed by atoms with E-state index in [-0.39, 0.29) is 7.33 Å². The standard InChI is InChI=1S/C13H27NO3.C2H4.H2/c1-4-5-13(15)14-7-9-17-11-10-16-8-6-12(2)3;1-2;/h12H,4-11H2,1-3H3,(H,14,15);1-2H2;1H. The molecule has 0 spiro atoms. The Hall–Kier alpha value is -0.870. The van der Waals surface area contributed by atoms with Gasteiger partial charge in [0.1, 0.15) is 0 Å². The highest BCUT2D eigenvalue weighted by molar-refractivity contribution is 5.75. The predicted molar refractivity (Wildman–Crippen MR) is 82.4 cm³/mol. The molecule has 116 valence electrons. The number of carbonyl (C=O) groups is 1. The molecule has 4 heteroatoms. The zero-order chi connectivity index (χ0) is 14.9. The number of carbonyl (C=O) groups excluding carboxylic acids is 1. The maximum atomic E-state index is 11.1. The summed E-state index contributed by atoms with van der Waals surface area (Å²) in [6.45, 7) is 15.5. The third kappa shape index (κ3) is 19.6. The number of rotatable bonds is 11. The third-order valence-electron chi connectivity index (χ3n) is 2.26. The summed E-state index contributed by atoms with van der Waals surface area (Å²) in [5, 5.41) is 2.80. The van der Waals surface area contributed by atoms with Gasteiger partial charge in [0, 0.05) is 21.0 Å².